The van der Waals surface area contributed by atoms with Crippen LogP contribution in [0.1, 0.15) is 25.3 Å². The van der Waals surface area contributed by atoms with Crippen LogP contribution in [0.5, 0.6) is 0 Å². The lowest BCUT2D eigenvalue weighted by atomic mass is 10.2. The van der Waals surface area contributed by atoms with Gasteiger partial charge in [-0.1, -0.05) is 37.3 Å². The lowest BCUT2D eigenvalue weighted by molar-refractivity contribution is 0.139. The molecule has 2 aliphatic heterocycles. The summed E-state index contributed by atoms with van der Waals surface area (Å²) in [6.45, 7) is 13.4. The highest BCUT2D eigenvalue weighted by atomic mass is 127. The average Bonchev–Trinajstić information content (AvgIpc) is 3.18. The fourth-order valence-corrected chi connectivity index (χ4v) is 4.25. The minimum Gasteiger partial charge on any atom is -0.355 e. The highest BCUT2D eigenvalue weighted by molar-refractivity contribution is 14.0. The van der Waals surface area contributed by atoms with Crippen molar-refractivity contribution in [1.29, 1.82) is 0 Å². The van der Waals surface area contributed by atoms with E-state index in [2.05, 4.69) is 67.6 Å². The van der Waals surface area contributed by atoms with Crippen molar-refractivity contribution in [2.45, 2.75) is 32.4 Å². The van der Waals surface area contributed by atoms with Crippen molar-refractivity contribution in [3.8, 4) is 0 Å². The van der Waals surface area contributed by atoms with Gasteiger partial charge in [0.25, 0.3) is 0 Å². The fraction of sp³-hybridized carbons (Fsp3) is 0.682. The number of hydrogen-bond donors (Lipinski definition) is 2. The van der Waals surface area contributed by atoms with E-state index in [-0.39, 0.29) is 24.0 Å². The first-order valence-corrected chi connectivity index (χ1v) is 11.0. The first-order chi connectivity index (χ1) is 13.8. The maximum Gasteiger partial charge on any atom is 0.191 e. The summed E-state index contributed by atoms with van der Waals surface area (Å²) in [4.78, 5) is 12.1. The van der Waals surface area contributed by atoms with E-state index in [0.29, 0.717) is 6.04 Å². The molecule has 0 amide bonds. The Morgan fingerprint density at radius 2 is 1.76 bits per heavy atom. The molecule has 0 radical (unpaired) electrons. The molecule has 29 heavy (non-hydrogen) atoms. The Kier molecular flexibility index (Phi) is 11.3. The molecule has 2 aliphatic rings. The van der Waals surface area contributed by atoms with E-state index in [1.807, 2.05) is 7.05 Å². The lowest BCUT2D eigenvalue weighted by Gasteiger charge is -2.34. The molecule has 2 saturated heterocycles. The third-order valence-corrected chi connectivity index (χ3v) is 6.09. The normalized spacial score (nSPS) is 21.7. The average molecular weight is 515 g/mol. The zero-order valence-electron chi connectivity index (χ0n) is 18.1. The number of aliphatic imine (C=N–C) groups is 1. The molecule has 6 nitrogen and oxygen atoms in total. The van der Waals surface area contributed by atoms with Crippen LogP contribution in [0.2, 0.25) is 0 Å². The van der Waals surface area contributed by atoms with Gasteiger partial charge in [0, 0.05) is 65.4 Å². The minimum absolute atomic E-state index is 0. The van der Waals surface area contributed by atoms with Crippen molar-refractivity contribution < 1.29 is 0 Å². The fourth-order valence-electron chi connectivity index (χ4n) is 4.25. The molecule has 7 heteroatoms. The Hall–Kier alpha value is -0.900. The molecule has 2 N–H and O–H groups in total. The van der Waals surface area contributed by atoms with Crippen molar-refractivity contribution in [2.75, 3.05) is 66.0 Å². The smallest absolute Gasteiger partial charge is 0.191 e. The Morgan fingerprint density at radius 3 is 2.45 bits per heavy atom. The van der Waals surface area contributed by atoms with Crippen molar-refractivity contribution in [3.05, 3.63) is 35.9 Å². The van der Waals surface area contributed by atoms with Crippen LogP contribution in [0.15, 0.2) is 35.3 Å². The summed E-state index contributed by atoms with van der Waals surface area (Å²) in [7, 11) is 1.87. The number of rotatable bonds is 8. The van der Waals surface area contributed by atoms with Crippen LogP contribution >= 0.6 is 24.0 Å². The molecule has 0 aromatic heterocycles. The number of likely N-dealkylation sites (tertiary alicyclic amines) is 1. The number of likely N-dealkylation sites (N-methyl/N-ethyl adjacent to an activating group) is 1. The molecule has 2 fully saturated rings. The predicted molar refractivity (Wildman–Crippen MR) is 133 cm³/mol. The summed E-state index contributed by atoms with van der Waals surface area (Å²) in [5, 5.41) is 7.05. The van der Waals surface area contributed by atoms with E-state index in [4.69, 9.17) is 0 Å². The molecule has 1 atom stereocenters. The maximum atomic E-state index is 4.42. The number of nitrogens with one attached hydrogen (secondary N) is 2. The monoisotopic (exact) mass is 514 g/mol. The molecule has 0 spiro atoms. The molecule has 0 bridgehead atoms. The zero-order chi connectivity index (χ0) is 19.6. The van der Waals surface area contributed by atoms with Gasteiger partial charge in [-0.05, 0) is 31.5 Å². The van der Waals surface area contributed by atoms with Gasteiger partial charge in [0.15, 0.2) is 5.96 Å². The molecule has 1 aromatic carbocycles. The summed E-state index contributed by atoms with van der Waals surface area (Å²) in [5.41, 5.74) is 1.40. The van der Waals surface area contributed by atoms with Crippen LogP contribution in [0.25, 0.3) is 0 Å². The number of nitrogens with zero attached hydrogens (tertiary/aromatic N) is 4. The van der Waals surface area contributed by atoms with Crippen molar-refractivity contribution in [1.82, 2.24) is 25.3 Å². The molecule has 0 aliphatic carbocycles. The Labute approximate surface area is 194 Å². The molecule has 1 unspecified atom stereocenters. The van der Waals surface area contributed by atoms with Gasteiger partial charge in [0.2, 0.25) is 0 Å². The van der Waals surface area contributed by atoms with E-state index in [0.717, 1.165) is 32.1 Å². The van der Waals surface area contributed by atoms with Gasteiger partial charge >= 0.3 is 0 Å². The molecule has 1 aromatic rings. The SMILES string of the molecule is CCN1CCN(CCNC(=NC)NCC2CCCN2Cc2ccccc2)CC1.I. The van der Waals surface area contributed by atoms with Crippen LogP contribution in [-0.4, -0.2) is 92.7 Å². The first kappa shape index (κ1) is 24.4. The highest BCUT2D eigenvalue weighted by Crippen LogP contribution is 2.19. The molecule has 164 valence electrons. The molecular weight excluding hydrogens is 475 g/mol. The van der Waals surface area contributed by atoms with Crippen molar-refractivity contribution in [2.24, 2.45) is 4.99 Å². The van der Waals surface area contributed by atoms with Crippen LogP contribution < -0.4 is 10.6 Å². The van der Waals surface area contributed by atoms with Crippen LogP contribution in [0, 0.1) is 0 Å². The van der Waals surface area contributed by atoms with Gasteiger partial charge in [-0.25, -0.2) is 0 Å². The Balaban J connectivity index is 0.00000300. The van der Waals surface area contributed by atoms with Gasteiger partial charge in [-0.3, -0.25) is 14.8 Å². The molecule has 2 heterocycles. The second kappa shape index (κ2) is 13.4. The van der Waals surface area contributed by atoms with Crippen LogP contribution in [-0.2, 0) is 6.54 Å². The number of hydrogen-bond acceptors (Lipinski definition) is 4. The largest absolute Gasteiger partial charge is 0.355 e. The lowest BCUT2D eigenvalue weighted by Crippen LogP contribution is -2.50. The standard InChI is InChI=1S/C22H38N6.HI/c1-3-26-14-16-27(17-15-26)13-11-24-22(23-2)25-18-21-10-7-12-28(21)19-20-8-5-4-6-9-20;/h4-6,8-9,21H,3,7,10-19H2,1-2H3,(H2,23,24,25);1H. The minimum atomic E-state index is 0. The van der Waals surface area contributed by atoms with Gasteiger partial charge in [-0.15, -0.1) is 24.0 Å². The van der Waals surface area contributed by atoms with Crippen molar-refractivity contribution >= 4 is 29.9 Å². The quantitative estimate of drug-likeness (QED) is 0.316. The maximum absolute atomic E-state index is 4.42. The van der Waals surface area contributed by atoms with Crippen LogP contribution in [0.3, 0.4) is 0 Å². The third kappa shape index (κ3) is 8.03. The van der Waals surface area contributed by atoms with E-state index < -0.39 is 0 Å². The zero-order valence-corrected chi connectivity index (χ0v) is 20.5. The predicted octanol–water partition coefficient (Wildman–Crippen LogP) is 2.07. The first-order valence-electron chi connectivity index (χ1n) is 11.0. The Bertz CT molecular complexity index is 588. The van der Waals surface area contributed by atoms with Gasteiger partial charge in [-0.2, -0.15) is 0 Å². The highest BCUT2D eigenvalue weighted by Gasteiger charge is 2.24. The second-order valence-electron chi connectivity index (χ2n) is 7.91. The van der Waals surface area contributed by atoms with Crippen LogP contribution in [0.4, 0.5) is 0 Å². The molecular formula is C22H39IN6. The summed E-state index contributed by atoms with van der Waals surface area (Å²) in [6.07, 6.45) is 2.55. The topological polar surface area (TPSA) is 46.1 Å². The van der Waals surface area contributed by atoms with Crippen molar-refractivity contribution in [3.63, 3.8) is 0 Å². The van der Waals surface area contributed by atoms with E-state index in [1.54, 1.807) is 0 Å². The summed E-state index contributed by atoms with van der Waals surface area (Å²) in [5.74, 6) is 0.929. The van der Waals surface area contributed by atoms with Gasteiger partial charge < -0.3 is 15.5 Å². The molecule has 3 rings (SSSR count). The van der Waals surface area contributed by atoms with Gasteiger partial charge in [0.1, 0.15) is 0 Å². The van der Waals surface area contributed by atoms with Gasteiger partial charge in [0.05, 0.1) is 0 Å². The third-order valence-electron chi connectivity index (χ3n) is 6.09. The number of benzene rings is 1. The van der Waals surface area contributed by atoms with E-state index in [9.17, 15) is 0 Å². The Morgan fingerprint density at radius 1 is 1.03 bits per heavy atom. The summed E-state index contributed by atoms with van der Waals surface area (Å²) in [6, 6.07) is 11.4. The number of piperazine rings is 1. The van der Waals surface area contributed by atoms with E-state index >= 15 is 0 Å². The summed E-state index contributed by atoms with van der Waals surface area (Å²) < 4.78 is 0. The molecule has 0 saturated carbocycles. The van der Waals surface area contributed by atoms with E-state index in [1.165, 1.54) is 57.7 Å². The second-order valence-corrected chi connectivity index (χ2v) is 7.91. The number of guanidine groups is 1. The summed E-state index contributed by atoms with van der Waals surface area (Å²) >= 11 is 0. The number of halogens is 1.